The van der Waals surface area contributed by atoms with Crippen LogP contribution < -0.4 is 5.32 Å². The Balaban J connectivity index is 1.33. The lowest BCUT2D eigenvalue weighted by Gasteiger charge is -2.34. The molecule has 0 radical (unpaired) electrons. The van der Waals surface area contributed by atoms with Crippen LogP contribution in [0.2, 0.25) is 0 Å². The quantitative estimate of drug-likeness (QED) is 0.900. The van der Waals surface area contributed by atoms with Crippen LogP contribution in [0.15, 0.2) is 30.3 Å². The van der Waals surface area contributed by atoms with E-state index < -0.39 is 0 Å². The van der Waals surface area contributed by atoms with Crippen LogP contribution in [-0.2, 0) is 6.42 Å². The smallest absolute Gasteiger partial charge is 0.317 e. The molecular formula is C17H25N3O. The van der Waals surface area contributed by atoms with Gasteiger partial charge in [0.1, 0.15) is 0 Å². The number of hydrogen-bond donors (Lipinski definition) is 1. The van der Waals surface area contributed by atoms with Crippen molar-refractivity contribution in [1.29, 1.82) is 0 Å². The van der Waals surface area contributed by atoms with Gasteiger partial charge in [0.15, 0.2) is 0 Å². The molecule has 2 fully saturated rings. The van der Waals surface area contributed by atoms with Crippen molar-refractivity contribution in [2.24, 2.45) is 0 Å². The Kier molecular flexibility index (Phi) is 4.76. The molecule has 114 valence electrons. The maximum Gasteiger partial charge on any atom is 0.317 e. The number of aryl methyl sites for hydroxylation is 1. The van der Waals surface area contributed by atoms with Gasteiger partial charge >= 0.3 is 6.03 Å². The average molecular weight is 287 g/mol. The van der Waals surface area contributed by atoms with E-state index in [-0.39, 0.29) is 6.03 Å². The molecule has 0 bridgehead atoms. The number of urea groups is 1. The van der Waals surface area contributed by atoms with E-state index >= 15 is 0 Å². The summed E-state index contributed by atoms with van der Waals surface area (Å²) < 4.78 is 0. The van der Waals surface area contributed by atoms with Crippen molar-refractivity contribution >= 4 is 6.03 Å². The lowest BCUT2D eigenvalue weighted by molar-refractivity contribution is 0.138. The number of carbonyl (C=O) groups is 1. The lowest BCUT2D eigenvalue weighted by Crippen LogP contribution is -2.52. The second-order valence-electron chi connectivity index (χ2n) is 6.14. The Hall–Kier alpha value is -1.55. The number of carbonyl (C=O) groups excluding carboxylic acids is 1. The van der Waals surface area contributed by atoms with Crippen LogP contribution in [0, 0.1) is 0 Å². The number of nitrogens with zero attached hydrogens (tertiary/aromatic N) is 2. The number of benzene rings is 1. The van der Waals surface area contributed by atoms with Gasteiger partial charge in [-0.25, -0.2) is 4.79 Å². The maximum absolute atomic E-state index is 12.0. The van der Waals surface area contributed by atoms with E-state index in [0.29, 0.717) is 6.04 Å². The van der Waals surface area contributed by atoms with Gasteiger partial charge in [-0.3, -0.25) is 4.90 Å². The van der Waals surface area contributed by atoms with Crippen LogP contribution in [0.4, 0.5) is 4.79 Å². The molecule has 0 atom stereocenters. The van der Waals surface area contributed by atoms with Gasteiger partial charge in [0, 0.05) is 32.2 Å². The van der Waals surface area contributed by atoms with Gasteiger partial charge in [0.05, 0.1) is 0 Å². The minimum absolute atomic E-state index is 0.140. The Bertz CT molecular complexity index is 450. The number of amides is 2. The Morgan fingerprint density at radius 1 is 1.10 bits per heavy atom. The fraction of sp³-hybridized carbons (Fsp3) is 0.588. The number of nitrogens with one attached hydrogen (secondary N) is 1. The van der Waals surface area contributed by atoms with Gasteiger partial charge in [-0.15, -0.1) is 0 Å². The van der Waals surface area contributed by atoms with Gasteiger partial charge in [0.25, 0.3) is 0 Å². The first-order valence-electron chi connectivity index (χ1n) is 8.13. The van der Waals surface area contributed by atoms with Crippen molar-refractivity contribution in [1.82, 2.24) is 15.1 Å². The van der Waals surface area contributed by atoms with Gasteiger partial charge in [-0.05, 0) is 37.8 Å². The van der Waals surface area contributed by atoms with Crippen molar-refractivity contribution in [3.63, 3.8) is 0 Å². The van der Waals surface area contributed by atoms with E-state index in [1.165, 1.54) is 12.0 Å². The first-order valence-corrected chi connectivity index (χ1v) is 8.13. The third-order valence-corrected chi connectivity index (χ3v) is 4.35. The van der Waals surface area contributed by atoms with Crippen LogP contribution in [0.5, 0.6) is 0 Å². The minimum Gasteiger partial charge on any atom is -0.335 e. The summed E-state index contributed by atoms with van der Waals surface area (Å²) in [6.07, 6.45) is 4.65. The SMILES string of the molecule is O=C(NC1CC1)N1CCN(CCCc2ccccc2)CC1. The summed E-state index contributed by atoms with van der Waals surface area (Å²) in [5.41, 5.74) is 1.42. The van der Waals surface area contributed by atoms with Crippen molar-refractivity contribution in [2.75, 3.05) is 32.7 Å². The largest absolute Gasteiger partial charge is 0.335 e. The zero-order valence-corrected chi connectivity index (χ0v) is 12.6. The van der Waals surface area contributed by atoms with Gasteiger partial charge in [-0.2, -0.15) is 0 Å². The maximum atomic E-state index is 12.0. The minimum atomic E-state index is 0.140. The number of piperazine rings is 1. The summed E-state index contributed by atoms with van der Waals surface area (Å²) in [6, 6.07) is 11.3. The molecule has 0 spiro atoms. The van der Waals surface area contributed by atoms with E-state index in [2.05, 4.69) is 40.5 Å². The molecular weight excluding hydrogens is 262 g/mol. The Morgan fingerprint density at radius 2 is 1.81 bits per heavy atom. The van der Waals surface area contributed by atoms with E-state index in [9.17, 15) is 4.79 Å². The molecule has 1 aromatic carbocycles. The molecule has 1 N–H and O–H groups in total. The molecule has 1 aliphatic heterocycles. The van der Waals surface area contributed by atoms with Gasteiger partial charge in [-0.1, -0.05) is 30.3 Å². The molecule has 1 saturated carbocycles. The molecule has 1 aromatic rings. The van der Waals surface area contributed by atoms with E-state index in [4.69, 9.17) is 0 Å². The van der Waals surface area contributed by atoms with Crippen LogP contribution in [0.1, 0.15) is 24.8 Å². The van der Waals surface area contributed by atoms with Gasteiger partial charge in [0.2, 0.25) is 0 Å². The van der Waals surface area contributed by atoms with Crippen molar-refractivity contribution in [3.05, 3.63) is 35.9 Å². The van der Waals surface area contributed by atoms with Crippen LogP contribution >= 0.6 is 0 Å². The van der Waals surface area contributed by atoms with Crippen LogP contribution in [0.25, 0.3) is 0 Å². The molecule has 0 aromatic heterocycles. The molecule has 1 aliphatic carbocycles. The fourth-order valence-electron chi connectivity index (χ4n) is 2.82. The van der Waals surface area contributed by atoms with Crippen molar-refractivity contribution in [2.45, 2.75) is 31.7 Å². The first-order chi connectivity index (χ1) is 10.3. The molecule has 1 saturated heterocycles. The summed E-state index contributed by atoms with van der Waals surface area (Å²) in [7, 11) is 0. The van der Waals surface area contributed by atoms with E-state index in [1.807, 2.05) is 4.90 Å². The second kappa shape index (κ2) is 6.94. The summed E-state index contributed by atoms with van der Waals surface area (Å²) >= 11 is 0. The van der Waals surface area contributed by atoms with E-state index in [1.54, 1.807) is 0 Å². The molecule has 4 nitrogen and oxygen atoms in total. The van der Waals surface area contributed by atoms with Crippen molar-refractivity contribution in [3.8, 4) is 0 Å². The molecule has 2 aliphatic rings. The summed E-state index contributed by atoms with van der Waals surface area (Å²) in [5, 5.41) is 3.07. The fourth-order valence-corrected chi connectivity index (χ4v) is 2.82. The van der Waals surface area contributed by atoms with Crippen molar-refractivity contribution < 1.29 is 4.79 Å². The third kappa shape index (κ3) is 4.46. The van der Waals surface area contributed by atoms with E-state index in [0.717, 1.165) is 52.0 Å². The highest BCUT2D eigenvalue weighted by atomic mass is 16.2. The Morgan fingerprint density at radius 3 is 2.48 bits per heavy atom. The molecule has 1 heterocycles. The Labute approximate surface area is 127 Å². The molecule has 21 heavy (non-hydrogen) atoms. The van der Waals surface area contributed by atoms with Gasteiger partial charge < -0.3 is 10.2 Å². The van der Waals surface area contributed by atoms with Crippen LogP contribution in [-0.4, -0.2) is 54.6 Å². The molecule has 2 amide bonds. The molecule has 0 unspecified atom stereocenters. The number of rotatable bonds is 5. The second-order valence-corrected chi connectivity index (χ2v) is 6.14. The first kappa shape index (κ1) is 14.4. The highest BCUT2D eigenvalue weighted by Crippen LogP contribution is 2.19. The molecule has 3 rings (SSSR count). The zero-order chi connectivity index (χ0) is 14.5. The highest BCUT2D eigenvalue weighted by Gasteiger charge is 2.27. The lowest BCUT2D eigenvalue weighted by atomic mass is 10.1. The predicted octanol–water partition coefficient (Wildman–Crippen LogP) is 2.11. The highest BCUT2D eigenvalue weighted by molar-refractivity contribution is 5.75. The molecule has 4 heteroatoms. The predicted molar refractivity (Wildman–Crippen MR) is 84.3 cm³/mol. The van der Waals surface area contributed by atoms with Crippen LogP contribution in [0.3, 0.4) is 0 Å². The standard InChI is InChI=1S/C17H25N3O/c21-17(18-16-8-9-16)20-13-11-19(12-14-20)10-4-7-15-5-2-1-3-6-15/h1-3,5-6,16H,4,7-14H2,(H,18,21). The topological polar surface area (TPSA) is 35.6 Å². The summed E-state index contributed by atoms with van der Waals surface area (Å²) in [4.78, 5) is 16.4. The average Bonchev–Trinajstić information content (AvgIpc) is 3.33. The monoisotopic (exact) mass is 287 g/mol. The summed E-state index contributed by atoms with van der Waals surface area (Å²) in [5.74, 6) is 0. The zero-order valence-electron chi connectivity index (χ0n) is 12.6. The summed E-state index contributed by atoms with van der Waals surface area (Å²) in [6.45, 7) is 4.88. The number of hydrogen-bond acceptors (Lipinski definition) is 2. The normalized spacial score (nSPS) is 19.5. The third-order valence-electron chi connectivity index (χ3n) is 4.35.